The monoisotopic (exact) mass is 401 g/mol. The molecule has 0 aliphatic carbocycles. The molecule has 0 atom stereocenters. The number of thioether (sulfide) groups is 2. The van der Waals surface area contributed by atoms with Crippen LogP contribution < -0.4 is 5.32 Å². The highest BCUT2D eigenvalue weighted by molar-refractivity contribution is 8.39. The Morgan fingerprint density at radius 2 is 2.00 bits per heavy atom. The highest BCUT2D eigenvalue weighted by atomic mass is 32.2. The number of ether oxygens (including phenoxy) is 1. The molecule has 1 aromatic carbocycles. The van der Waals surface area contributed by atoms with Crippen molar-refractivity contribution in [1.29, 1.82) is 0 Å². The quantitative estimate of drug-likeness (QED) is 0.804. The van der Waals surface area contributed by atoms with E-state index in [0.717, 1.165) is 16.7 Å². The molecule has 0 aromatic heterocycles. The van der Waals surface area contributed by atoms with E-state index in [1.165, 1.54) is 28.2 Å². The van der Waals surface area contributed by atoms with Crippen molar-refractivity contribution in [2.45, 2.75) is 4.90 Å². The Kier molecular flexibility index (Phi) is 6.39. The molecule has 2 aliphatic heterocycles. The third kappa shape index (κ3) is 4.98. The summed E-state index contributed by atoms with van der Waals surface area (Å²) in [5, 5.41) is 2.77. The lowest BCUT2D eigenvalue weighted by Gasteiger charge is -2.26. The first-order valence-corrected chi connectivity index (χ1v) is 11.2. The Hall–Kier alpha value is -1.07. The predicted octanol–water partition coefficient (Wildman–Crippen LogP) is 1.48. The summed E-state index contributed by atoms with van der Waals surface area (Å²) in [4.78, 5) is 16.5. The van der Waals surface area contributed by atoms with Crippen molar-refractivity contribution >= 4 is 49.5 Å². The molecule has 7 nitrogen and oxygen atoms in total. The van der Waals surface area contributed by atoms with Crippen LogP contribution in [0.15, 0.2) is 34.2 Å². The fourth-order valence-corrected chi connectivity index (χ4v) is 5.59. The van der Waals surface area contributed by atoms with E-state index in [2.05, 4.69) is 10.3 Å². The van der Waals surface area contributed by atoms with Gasteiger partial charge in [0, 0.05) is 24.5 Å². The lowest BCUT2D eigenvalue weighted by molar-refractivity contribution is -0.113. The van der Waals surface area contributed by atoms with Gasteiger partial charge in [0.15, 0.2) is 0 Å². The van der Waals surface area contributed by atoms with E-state index in [0.29, 0.717) is 37.7 Å². The van der Waals surface area contributed by atoms with Crippen LogP contribution in [0.4, 0.5) is 5.69 Å². The van der Waals surface area contributed by atoms with E-state index in [4.69, 9.17) is 4.74 Å². The summed E-state index contributed by atoms with van der Waals surface area (Å²) in [5.74, 6) is 1.13. The van der Waals surface area contributed by atoms with Gasteiger partial charge in [-0.25, -0.2) is 8.42 Å². The van der Waals surface area contributed by atoms with Gasteiger partial charge in [-0.15, -0.1) is 0 Å². The molecule has 25 heavy (non-hydrogen) atoms. The van der Waals surface area contributed by atoms with E-state index in [1.54, 1.807) is 23.9 Å². The lowest BCUT2D eigenvalue weighted by atomic mass is 10.3. The van der Waals surface area contributed by atoms with Crippen LogP contribution in [0.1, 0.15) is 0 Å². The Morgan fingerprint density at radius 1 is 1.28 bits per heavy atom. The molecule has 1 aromatic rings. The number of amides is 1. The van der Waals surface area contributed by atoms with Crippen molar-refractivity contribution in [2.24, 2.45) is 4.99 Å². The Morgan fingerprint density at radius 3 is 2.64 bits per heavy atom. The molecule has 3 rings (SSSR count). The smallest absolute Gasteiger partial charge is 0.243 e. The number of morpholine rings is 1. The van der Waals surface area contributed by atoms with E-state index in [9.17, 15) is 13.2 Å². The number of nitrogens with zero attached hydrogens (tertiary/aromatic N) is 2. The molecule has 0 unspecified atom stereocenters. The average Bonchev–Trinajstić information content (AvgIpc) is 3.15. The number of aliphatic imine (C=N–C) groups is 1. The van der Waals surface area contributed by atoms with Crippen molar-refractivity contribution < 1.29 is 17.9 Å². The normalized spacial score (nSPS) is 18.8. The minimum absolute atomic E-state index is 0.135. The molecule has 2 aliphatic rings. The summed E-state index contributed by atoms with van der Waals surface area (Å²) in [6.45, 7) is 2.36. The summed E-state index contributed by atoms with van der Waals surface area (Å²) in [6.07, 6.45) is 0. The van der Waals surface area contributed by atoms with Gasteiger partial charge < -0.3 is 10.1 Å². The molecular formula is C15H19N3O4S3. The average molecular weight is 402 g/mol. The second-order valence-electron chi connectivity index (χ2n) is 5.37. The van der Waals surface area contributed by atoms with Crippen LogP contribution in [0.2, 0.25) is 0 Å². The number of sulfonamides is 1. The minimum atomic E-state index is -3.51. The number of rotatable bonds is 5. The number of benzene rings is 1. The molecule has 1 saturated heterocycles. The third-order valence-electron chi connectivity index (χ3n) is 3.63. The molecule has 1 N–H and O–H groups in total. The van der Waals surface area contributed by atoms with Crippen LogP contribution in [0.3, 0.4) is 0 Å². The van der Waals surface area contributed by atoms with Gasteiger partial charge in [0.05, 0.1) is 30.4 Å². The molecule has 0 radical (unpaired) electrons. The number of nitrogens with one attached hydrogen (secondary N) is 1. The van der Waals surface area contributed by atoms with Crippen LogP contribution in [0.5, 0.6) is 0 Å². The summed E-state index contributed by atoms with van der Waals surface area (Å²) < 4.78 is 32.6. The van der Waals surface area contributed by atoms with Crippen molar-refractivity contribution in [1.82, 2.24) is 4.31 Å². The third-order valence-corrected chi connectivity index (χ3v) is 7.80. The van der Waals surface area contributed by atoms with Gasteiger partial charge >= 0.3 is 0 Å². The van der Waals surface area contributed by atoms with Gasteiger partial charge in [-0.1, -0.05) is 23.5 Å². The molecule has 0 saturated carbocycles. The zero-order valence-corrected chi connectivity index (χ0v) is 16.0. The summed E-state index contributed by atoms with van der Waals surface area (Å²) in [7, 11) is -3.51. The fraction of sp³-hybridized carbons (Fsp3) is 0.467. The summed E-state index contributed by atoms with van der Waals surface area (Å²) in [6, 6.07) is 6.25. The van der Waals surface area contributed by atoms with Gasteiger partial charge in [0.2, 0.25) is 15.9 Å². The second-order valence-corrected chi connectivity index (χ2v) is 9.62. The summed E-state index contributed by atoms with van der Waals surface area (Å²) in [5.41, 5.74) is 0.576. The van der Waals surface area contributed by atoms with Gasteiger partial charge in [-0.3, -0.25) is 9.79 Å². The zero-order chi connectivity index (χ0) is 17.7. The van der Waals surface area contributed by atoms with Crippen LogP contribution >= 0.6 is 23.5 Å². The molecule has 2 heterocycles. The predicted molar refractivity (Wildman–Crippen MR) is 102 cm³/mol. The number of carbonyl (C=O) groups excluding carboxylic acids is 1. The zero-order valence-electron chi connectivity index (χ0n) is 13.5. The van der Waals surface area contributed by atoms with E-state index in [1.807, 2.05) is 0 Å². The van der Waals surface area contributed by atoms with Crippen molar-refractivity contribution in [2.75, 3.05) is 49.7 Å². The Bertz CT molecular complexity index is 744. The minimum Gasteiger partial charge on any atom is -0.379 e. The van der Waals surface area contributed by atoms with Crippen molar-refractivity contribution in [3.63, 3.8) is 0 Å². The van der Waals surface area contributed by atoms with Crippen LogP contribution in [0, 0.1) is 0 Å². The molecular weight excluding hydrogens is 382 g/mol. The van der Waals surface area contributed by atoms with Gasteiger partial charge in [-0.2, -0.15) is 4.31 Å². The standard InChI is InChI=1S/C15H19N3O4S3/c19-14(11-24-15-16-5-10-23-15)17-12-1-3-13(4-2-12)25(20,21)18-6-8-22-9-7-18/h1-4H,5-11H2,(H,17,19). The van der Waals surface area contributed by atoms with Gasteiger partial charge in [-0.05, 0) is 24.3 Å². The Balaban J connectivity index is 1.57. The maximum absolute atomic E-state index is 12.5. The van der Waals surface area contributed by atoms with E-state index < -0.39 is 10.0 Å². The van der Waals surface area contributed by atoms with Crippen LogP contribution in [0.25, 0.3) is 0 Å². The first kappa shape index (κ1) is 18.7. The van der Waals surface area contributed by atoms with Crippen molar-refractivity contribution in [3.05, 3.63) is 24.3 Å². The second kappa shape index (κ2) is 8.54. The van der Waals surface area contributed by atoms with Crippen molar-refractivity contribution in [3.8, 4) is 0 Å². The number of anilines is 1. The summed E-state index contributed by atoms with van der Waals surface area (Å²) >= 11 is 3.09. The maximum Gasteiger partial charge on any atom is 0.243 e. The first-order valence-electron chi connectivity index (χ1n) is 7.83. The largest absolute Gasteiger partial charge is 0.379 e. The van der Waals surface area contributed by atoms with Gasteiger partial charge in [0.25, 0.3) is 0 Å². The molecule has 1 fully saturated rings. The van der Waals surface area contributed by atoms with E-state index in [-0.39, 0.29) is 10.8 Å². The van der Waals surface area contributed by atoms with Gasteiger partial charge in [0.1, 0.15) is 4.38 Å². The molecule has 0 spiro atoms. The molecule has 136 valence electrons. The lowest BCUT2D eigenvalue weighted by Crippen LogP contribution is -2.40. The van der Waals surface area contributed by atoms with E-state index >= 15 is 0 Å². The number of hydrogen-bond donors (Lipinski definition) is 1. The molecule has 0 bridgehead atoms. The Labute approximate surface area is 155 Å². The first-order chi connectivity index (χ1) is 12.1. The molecule has 10 heteroatoms. The van der Waals surface area contributed by atoms with Crippen LogP contribution in [-0.4, -0.2) is 67.4 Å². The highest BCUT2D eigenvalue weighted by Gasteiger charge is 2.26. The SMILES string of the molecule is O=C(CSC1=NCCS1)Nc1ccc(S(=O)(=O)N2CCOCC2)cc1. The maximum atomic E-state index is 12.5. The molecule has 1 amide bonds. The highest BCUT2D eigenvalue weighted by Crippen LogP contribution is 2.23. The van der Waals surface area contributed by atoms with Crippen LogP contribution in [-0.2, 0) is 19.6 Å². The topological polar surface area (TPSA) is 88.1 Å². The fourth-order valence-electron chi connectivity index (χ4n) is 2.37. The number of hydrogen-bond acceptors (Lipinski definition) is 7. The number of carbonyl (C=O) groups is 1.